The normalized spacial score (nSPS) is 10.6. The zero-order chi connectivity index (χ0) is 11.7. The van der Waals surface area contributed by atoms with Gasteiger partial charge in [0.05, 0.1) is 5.52 Å². The monoisotopic (exact) mass is 214 g/mol. The molecular formula is C13H12NO2-. The van der Waals surface area contributed by atoms with Gasteiger partial charge in [-0.05, 0) is 31.0 Å². The minimum Gasteiger partial charge on any atom is -0.550 e. The minimum absolute atomic E-state index is 0.0739. The lowest BCUT2D eigenvalue weighted by Gasteiger charge is -2.12. The van der Waals surface area contributed by atoms with Crippen molar-refractivity contribution >= 4 is 16.9 Å². The molecule has 82 valence electrons. The van der Waals surface area contributed by atoms with Gasteiger partial charge < -0.3 is 9.90 Å². The molecule has 0 radical (unpaired) electrons. The minimum atomic E-state index is -1.07. The van der Waals surface area contributed by atoms with Crippen molar-refractivity contribution in [2.24, 2.45) is 0 Å². The van der Waals surface area contributed by atoms with Gasteiger partial charge >= 0.3 is 0 Å². The Kier molecular flexibility index (Phi) is 2.60. The van der Waals surface area contributed by atoms with Crippen molar-refractivity contribution in [2.45, 2.75) is 20.3 Å². The number of hydrogen-bond donors (Lipinski definition) is 0. The Hall–Kier alpha value is -1.90. The Morgan fingerprint density at radius 2 is 2.00 bits per heavy atom. The SMILES string of the molecule is Cc1nc2ccccc2c(C)c1CC(=O)[O-]. The summed E-state index contributed by atoms with van der Waals surface area (Å²) in [5.74, 6) is -1.07. The van der Waals surface area contributed by atoms with E-state index >= 15 is 0 Å². The molecule has 2 rings (SSSR count). The highest BCUT2D eigenvalue weighted by Gasteiger charge is 2.08. The molecular weight excluding hydrogens is 202 g/mol. The first kappa shape index (κ1) is 10.6. The number of hydrogen-bond acceptors (Lipinski definition) is 3. The summed E-state index contributed by atoms with van der Waals surface area (Å²) in [5, 5.41) is 11.7. The van der Waals surface area contributed by atoms with Crippen LogP contribution in [-0.2, 0) is 11.2 Å². The van der Waals surface area contributed by atoms with Gasteiger partial charge in [0.2, 0.25) is 0 Å². The van der Waals surface area contributed by atoms with Gasteiger partial charge in [0.1, 0.15) is 0 Å². The molecule has 0 N–H and O–H groups in total. The third kappa shape index (κ3) is 1.76. The first-order valence-electron chi connectivity index (χ1n) is 5.14. The Bertz CT molecular complexity index is 561. The van der Waals surface area contributed by atoms with Gasteiger partial charge in [-0.1, -0.05) is 18.2 Å². The number of aromatic nitrogens is 1. The molecule has 0 aliphatic carbocycles. The van der Waals surface area contributed by atoms with Crippen LogP contribution in [0.1, 0.15) is 16.8 Å². The number of carbonyl (C=O) groups excluding carboxylic acids is 1. The van der Waals surface area contributed by atoms with E-state index in [-0.39, 0.29) is 6.42 Å². The van der Waals surface area contributed by atoms with Crippen molar-refractivity contribution in [1.29, 1.82) is 0 Å². The molecule has 0 amide bonds. The van der Waals surface area contributed by atoms with Crippen LogP contribution in [-0.4, -0.2) is 11.0 Å². The van der Waals surface area contributed by atoms with Crippen LogP contribution in [0.25, 0.3) is 10.9 Å². The second-order valence-corrected chi connectivity index (χ2v) is 3.87. The molecule has 0 unspecified atom stereocenters. The lowest BCUT2D eigenvalue weighted by atomic mass is 10.00. The maximum absolute atomic E-state index is 10.7. The molecule has 3 nitrogen and oxygen atoms in total. The zero-order valence-corrected chi connectivity index (χ0v) is 9.28. The number of rotatable bonds is 2. The quantitative estimate of drug-likeness (QED) is 0.753. The molecule has 0 saturated carbocycles. The van der Waals surface area contributed by atoms with Gasteiger partial charge in [-0.2, -0.15) is 0 Å². The fraction of sp³-hybridized carbons (Fsp3) is 0.231. The van der Waals surface area contributed by atoms with Crippen LogP contribution in [0.5, 0.6) is 0 Å². The first-order chi connectivity index (χ1) is 7.59. The molecule has 0 atom stereocenters. The van der Waals surface area contributed by atoms with Crippen LogP contribution in [0.4, 0.5) is 0 Å². The molecule has 0 aliphatic rings. The molecule has 1 aromatic heterocycles. The third-order valence-electron chi connectivity index (χ3n) is 2.81. The highest BCUT2D eigenvalue weighted by atomic mass is 16.4. The molecule has 0 bridgehead atoms. The van der Waals surface area contributed by atoms with E-state index in [1.165, 1.54) is 0 Å². The summed E-state index contributed by atoms with van der Waals surface area (Å²) in [6.07, 6.45) is -0.0739. The molecule has 0 fully saturated rings. The van der Waals surface area contributed by atoms with Crippen molar-refractivity contribution in [1.82, 2.24) is 4.98 Å². The summed E-state index contributed by atoms with van der Waals surface area (Å²) in [6.45, 7) is 3.76. The second kappa shape index (κ2) is 3.93. The number of carboxylic acid groups (broad SMARTS) is 1. The van der Waals surface area contributed by atoms with E-state index in [0.717, 1.165) is 27.7 Å². The van der Waals surface area contributed by atoms with Crippen LogP contribution < -0.4 is 5.11 Å². The maximum atomic E-state index is 10.7. The third-order valence-corrected chi connectivity index (χ3v) is 2.81. The fourth-order valence-corrected chi connectivity index (χ4v) is 1.98. The van der Waals surface area contributed by atoms with Crippen LogP contribution >= 0.6 is 0 Å². The van der Waals surface area contributed by atoms with E-state index in [0.29, 0.717) is 0 Å². The van der Waals surface area contributed by atoms with E-state index < -0.39 is 5.97 Å². The van der Waals surface area contributed by atoms with Crippen molar-refractivity contribution in [3.63, 3.8) is 0 Å². The topological polar surface area (TPSA) is 53.0 Å². The van der Waals surface area contributed by atoms with E-state index in [1.807, 2.05) is 38.1 Å². The molecule has 16 heavy (non-hydrogen) atoms. The van der Waals surface area contributed by atoms with Crippen molar-refractivity contribution < 1.29 is 9.90 Å². The molecule has 1 heterocycles. The number of fused-ring (bicyclic) bond motifs is 1. The number of aliphatic carboxylic acids is 1. The van der Waals surface area contributed by atoms with Crippen LogP contribution in [0.15, 0.2) is 24.3 Å². The van der Waals surface area contributed by atoms with Gasteiger partial charge in [-0.25, -0.2) is 0 Å². The Morgan fingerprint density at radius 3 is 2.69 bits per heavy atom. The summed E-state index contributed by atoms with van der Waals surface area (Å²) in [5.41, 5.74) is 3.41. The first-order valence-corrected chi connectivity index (χ1v) is 5.14. The predicted octanol–water partition coefficient (Wildman–Crippen LogP) is 1.14. The smallest absolute Gasteiger partial charge is 0.0708 e. The van der Waals surface area contributed by atoms with Gasteiger partial charge in [0.25, 0.3) is 0 Å². The highest BCUT2D eigenvalue weighted by Crippen LogP contribution is 2.22. The lowest BCUT2D eigenvalue weighted by molar-refractivity contribution is -0.304. The van der Waals surface area contributed by atoms with Crippen LogP contribution in [0, 0.1) is 13.8 Å². The number of carboxylic acids is 1. The van der Waals surface area contributed by atoms with Crippen molar-refractivity contribution in [3.8, 4) is 0 Å². The number of nitrogens with zero attached hydrogens (tertiary/aromatic N) is 1. The predicted molar refractivity (Wildman–Crippen MR) is 59.9 cm³/mol. The summed E-state index contributed by atoms with van der Waals surface area (Å²) < 4.78 is 0. The number of para-hydroxylation sites is 1. The summed E-state index contributed by atoms with van der Waals surface area (Å²) >= 11 is 0. The number of carbonyl (C=O) groups is 1. The average Bonchev–Trinajstić information content (AvgIpc) is 2.24. The molecule has 2 aromatic rings. The van der Waals surface area contributed by atoms with Gasteiger partial charge in [-0.15, -0.1) is 0 Å². The molecule has 3 heteroatoms. The van der Waals surface area contributed by atoms with Crippen LogP contribution in [0.3, 0.4) is 0 Å². The number of benzene rings is 1. The zero-order valence-electron chi connectivity index (χ0n) is 9.28. The molecule has 0 aliphatic heterocycles. The maximum Gasteiger partial charge on any atom is 0.0708 e. The molecule has 0 spiro atoms. The van der Waals surface area contributed by atoms with Gasteiger partial charge in [0.15, 0.2) is 0 Å². The van der Waals surface area contributed by atoms with Gasteiger partial charge in [0, 0.05) is 23.5 Å². The standard InChI is InChI=1S/C13H13NO2/c1-8-10-5-3-4-6-12(10)14-9(2)11(8)7-13(15)16/h3-6H,7H2,1-2H3,(H,15,16)/p-1. The second-order valence-electron chi connectivity index (χ2n) is 3.87. The van der Waals surface area contributed by atoms with Crippen molar-refractivity contribution in [2.75, 3.05) is 0 Å². The lowest BCUT2D eigenvalue weighted by Crippen LogP contribution is -2.25. The van der Waals surface area contributed by atoms with Crippen molar-refractivity contribution in [3.05, 3.63) is 41.1 Å². The van der Waals surface area contributed by atoms with E-state index in [1.54, 1.807) is 0 Å². The average molecular weight is 214 g/mol. The van der Waals surface area contributed by atoms with Gasteiger partial charge in [-0.3, -0.25) is 4.98 Å². The molecule has 1 aromatic carbocycles. The summed E-state index contributed by atoms with van der Waals surface area (Å²) in [7, 11) is 0. The Morgan fingerprint density at radius 1 is 1.31 bits per heavy atom. The number of aryl methyl sites for hydroxylation is 2. The summed E-state index contributed by atoms with van der Waals surface area (Å²) in [4.78, 5) is 15.1. The van der Waals surface area contributed by atoms with E-state index in [2.05, 4.69) is 4.98 Å². The van der Waals surface area contributed by atoms with E-state index in [9.17, 15) is 9.90 Å². The van der Waals surface area contributed by atoms with Crippen LogP contribution in [0.2, 0.25) is 0 Å². The van der Waals surface area contributed by atoms with E-state index in [4.69, 9.17) is 0 Å². The summed E-state index contributed by atoms with van der Waals surface area (Å²) in [6, 6.07) is 7.73. The molecule has 0 saturated heterocycles. The largest absolute Gasteiger partial charge is 0.550 e. The Labute approximate surface area is 93.7 Å². The fourth-order valence-electron chi connectivity index (χ4n) is 1.98. The highest BCUT2D eigenvalue weighted by molar-refractivity contribution is 5.84. The Balaban J connectivity index is 2.70. The number of pyridine rings is 1.